The first-order chi connectivity index (χ1) is 7.72. The molecule has 0 bridgehead atoms. The van der Waals surface area contributed by atoms with Crippen molar-refractivity contribution in [1.82, 2.24) is 0 Å². The Kier molecular flexibility index (Phi) is 5.91. The van der Waals surface area contributed by atoms with E-state index in [9.17, 15) is 4.79 Å². The van der Waals surface area contributed by atoms with Crippen molar-refractivity contribution in [3.05, 3.63) is 11.6 Å². The van der Waals surface area contributed by atoms with Gasteiger partial charge in [0.2, 0.25) is 5.24 Å². The monoisotopic (exact) mass is 229 g/mol. The Morgan fingerprint density at radius 1 is 1.07 bits per heavy atom. The van der Waals surface area contributed by atoms with Gasteiger partial charge in [0.05, 0.1) is 1.37 Å². The maximum Gasteiger partial charge on any atom is 0.248 e. The Balaban J connectivity index is 2.59. The van der Waals surface area contributed by atoms with Gasteiger partial charge in [-0.2, -0.15) is 0 Å². The van der Waals surface area contributed by atoms with Crippen LogP contribution >= 0.6 is 11.6 Å². The summed E-state index contributed by atoms with van der Waals surface area (Å²) in [5.41, 5.74) is 0.558. The molecule has 0 aromatic carbocycles. The van der Waals surface area contributed by atoms with Gasteiger partial charge in [0.1, 0.15) is 0 Å². The molecule has 1 aliphatic rings. The first kappa shape index (κ1) is 11.2. The average molecular weight is 230 g/mol. The molecule has 15 heavy (non-hydrogen) atoms. The largest absolute Gasteiger partial charge is 0.276 e. The highest BCUT2D eigenvalue weighted by molar-refractivity contribution is 6.67. The van der Waals surface area contributed by atoms with Crippen molar-refractivity contribution in [3.8, 4) is 0 Å². The molecule has 0 saturated heterocycles. The van der Waals surface area contributed by atoms with Crippen LogP contribution in [0.2, 0.25) is 0 Å². The van der Waals surface area contributed by atoms with Crippen molar-refractivity contribution in [2.75, 3.05) is 0 Å². The van der Waals surface area contributed by atoms with E-state index in [4.69, 9.17) is 13.0 Å². The summed E-state index contributed by atoms with van der Waals surface area (Å²) in [6.07, 6.45) is 10.9. The van der Waals surface area contributed by atoms with Crippen LogP contribution in [-0.4, -0.2) is 5.24 Å². The van der Waals surface area contributed by atoms with E-state index < -0.39 is 5.24 Å². The van der Waals surface area contributed by atoms with Gasteiger partial charge >= 0.3 is 0 Å². The van der Waals surface area contributed by atoms with E-state index in [2.05, 4.69) is 0 Å². The van der Waals surface area contributed by atoms with Crippen LogP contribution in [0.5, 0.6) is 0 Å². The van der Waals surface area contributed by atoms with E-state index >= 15 is 0 Å². The van der Waals surface area contributed by atoms with Crippen molar-refractivity contribution in [3.63, 3.8) is 0 Å². The van der Waals surface area contributed by atoms with Gasteiger partial charge in [0.15, 0.2) is 0 Å². The summed E-state index contributed by atoms with van der Waals surface area (Å²) in [4.78, 5) is 11.2. The fraction of sp³-hybridized carbons (Fsp3) is 0.769. The van der Waals surface area contributed by atoms with Crippen molar-refractivity contribution in [2.24, 2.45) is 0 Å². The van der Waals surface area contributed by atoms with Gasteiger partial charge in [-0.25, -0.2) is 0 Å². The third-order valence-corrected chi connectivity index (χ3v) is 3.16. The second-order valence-electron chi connectivity index (χ2n) is 4.26. The lowest BCUT2D eigenvalue weighted by Crippen LogP contribution is -1.95. The van der Waals surface area contributed by atoms with Gasteiger partial charge in [-0.05, 0) is 37.3 Å². The summed E-state index contributed by atoms with van der Waals surface area (Å²) in [5, 5.41) is -0.415. The van der Waals surface area contributed by atoms with E-state index in [-0.39, 0.29) is 0 Å². The molecule has 0 heterocycles. The average Bonchev–Trinajstić information content (AvgIpc) is 2.22. The molecule has 0 unspecified atom stereocenters. The lowest BCUT2D eigenvalue weighted by molar-refractivity contribution is -0.108. The van der Waals surface area contributed by atoms with E-state index in [1.807, 2.05) is 0 Å². The number of rotatable bonds is 1. The molecule has 2 heteroatoms. The molecule has 1 nitrogen and oxygen atoms in total. The third-order valence-electron chi connectivity index (χ3n) is 2.93. The predicted octanol–water partition coefficient (Wildman–Crippen LogP) is 4.59. The highest BCUT2D eigenvalue weighted by Gasteiger charge is 2.05. The fourth-order valence-electron chi connectivity index (χ4n) is 1.98. The van der Waals surface area contributed by atoms with Crippen LogP contribution in [0, 0.1) is 0 Å². The van der Waals surface area contributed by atoms with Gasteiger partial charge < -0.3 is 0 Å². The minimum atomic E-state index is -0.415. The Morgan fingerprint density at radius 2 is 1.60 bits per heavy atom. The maximum atomic E-state index is 11.2. The zero-order valence-electron chi connectivity index (χ0n) is 10.4. The molecule has 1 rings (SSSR count). The third kappa shape index (κ3) is 5.99. The molecule has 0 spiro atoms. The maximum absolute atomic E-state index is 11.2. The van der Waals surface area contributed by atoms with Crippen LogP contribution in [-0.2, 0) is 4.79 Å². The number of carbonyl (C=O) groups is 1. The summed E-state index contributed by atoms with van der Waals surface area (Å²) in [6.45, 7) is 0. The van der Waals surface area contributed by atoms with Crippen molar-refractivity contribution in [1.29, 1.82) is 0 Å². The fourth-order valence-corrected chi connectivity index (χ4v) is 2.14. The second kappa shape index (κ2) is 7.92. The standard InChI is InChI=1S/C13H21ClO/c14-13(15)12-10-8-6-4-2-1-3-5-7-9-11-12/h10H,1-9,11H2/b12-10+/i10D. The normalized spacial score (nSPS) is 27.4. The Hall–Kier alpha value is -0.300. The number of hydrogen-bond donors (Lipinski definition) is 0. The predicted molar refractivity (Wildman–Crippen MR) is 65.1 cm³/mol. The smallest absolute Gasteiger partial charge is 0.248 e. The summed E-state index contributed by atoms with van der Waals surface area (Å²) in [6, 6.07) is 0.473. The van der Waals surface area contributed by atoms with Crippen LogP contribution in [0.25, 0.3) is 0 Å². The summed E-state index contributed by atoms with van der Waals surface area (Å²) in [7, 11) is 0. The van der Waals surface area contributed by atoms with Crippen molar-refractivity contribution in [2.45, 2.75) is 64.2 Å². The Morgan fingerprint density at radius 3 is 2.20 bits per heavy atom. The highest BCUT2D eigenvalue weighted by atomic mass is 35.5. The lowest BCUT2D eigenvalue weighted by atomic mass is 10.0. The van der Waals surface area contributed by atoms with Gasteiger partial charge in [-0.3, -0.25) is 4.79 Å². The number of halogens is 1. The minimum absolute atomic E-state index is 0.415. The van der Waals surface area contributed by atoms with E-state index in [0.29, 0.717) is 24.5 Å². The molecular weight excluding hydrogens is 208 g/mol. The quantitative estimate of drug-likeness (QED) is 0.601. The topological polar surface area (TPSA) is 17.1 Å². The Labute approximate surface area is 99.3 Å². The number of hydrogen-bond acceptors (Lipinski definition) is 1. The van der Waals surface area contributed by atoms with Gasteiger partial charge in [0.25, 0.3) is 0 Å². The van der Waals surface area contributed by atoms with Crippen LogP contribution in [0.1, 0.15) is 65.6 Å². The van der Waals surface area contributed by atoms with Crippen LogP contribution in [0.3, 0.4) is 0 Å². The zero-order valence-corrected chi connectivity index (χ0v) is 10.1. The van der Waals surface area contributed by atoms with E-state index in [1.165, 1.54) is 32.1 Å². The molecule has 0 fully saturated rings. The van der Waals surface area contributed by atoms with Crippen LogP contribution in [0.4, 0.5) is 0 Å². The Bertz CT molecular complexity index is 261. The molecule has 0 atom stereocenters. The number of carbonyl (C=O) groups excluding carboxylic acids is 1. The van der Waals surface area contributed by atoms with E-state index in [0.717, 1.165) is 19.3 Å². The summed E-state index contributed by atoms with van der Waals surface area (Å²) < 4.78 is 7.87. The van der Waals surface area contributed by atoms with Crippen LogP contribution in [0.15, 0.2) is 11.6 Å². The SMILES string of the molecule is [2H]/C1=C(\C(=O)Cl)CCCCCCCCCC1. The molecule has 0 radical (unpaired) electrons. The molecule has 0 N–H and O–H groups in total. The van der Waals surface area contributed by atoms with Gasteiger partial charge in [-0.15, -0.1) is 0 Å². The second-order valence-corrected chi connectivity index (χ2v) is 4.60. The molecule has 86 valence electrons. The van der Waals surface area contributed by atoms with Gasteiger partial charge in [-0.1, -0.05) is 44.6 Å². The van der Waals surface area contributed by atoms with Gasteiger partial charge in [0, 0.05) is 5.57 Å². The highest BCUT2D eigenvalue weighted by Crippen LogP contribution is 2.18. The molecular formula is C13H21ClO. The molecule has 0 saturated carbocycles. The summed E-state index contributed by atoms with van der Waals surface area (Å²) in [5.74, 6) is 0. The first-order valence-corrected chi connectivity index (χ1v) is 6.48. The molecule has 0 aromatic heterocycles. The summed E-state index contributed by atoms with van der Waals surface area (Å²) >= 11 is 5.53. The minimum Gasteiger partial charge on any atom is -0.276 e. The zero-order chi connectivity index (χ0) is 11.8. The molecule has 0 aliphatic heterocycles. The molecule has 0 amide bonds. The molecule has 1 aliphatic carbocycles. The van der Waals surface area contributed by atoms with Crippen molar-refractivity contribution < 1.29 is 6.17 Å². The first-order valence-electron chi connectivity index (χ1n) is 6.60. The van der Waals surface area contributed by atoms with E-state index in [1.54, 1.807) is 0 Å². The lowest BCUT2D eigenvalue weighted by Gasteiger charge is -2.06. The van der Waals surface area contributed by atoms with Crippen molar-refractivity contribution >= 4 is 16.8 Å². The van der Waals surface area contributed by atoms with Crippen LogP contribution < -0.4 is 0 Å². The molecule has 0 aromatic rings. The number of allylic oxidation sites excluding steroid dienone is 2.